The van der Waals surface area contributed by atoms with Gasteiger partial charge in [0.2, 0.25) is 9.05 Å². The van der Waals surface area contributed by atoms with Gasteiger partial charge in [-0.05, 0) is 0 Å². The van der Waals surface area contributed by atoms with Crippen LogP contribution in [0.2, 0.25) is 0 Å². The van der Waals surface area contributed by atoms with Gasteiger partial charge in [0.25, 0.3) is 0 Å². The van der Waals surface area contributed by atoms with E-state index in [1.807, 2.05) is 0 Å². The van der Waals surface area contributed by atoms with E-state index in [0.29, 0.717) is 13.2 Å². The van der Waals surface area contributed by atoms with E-state index >= 15 is 0 Å². The van der Waals surface area contributed by atoms with E-state index in [1.165, 1.54) is 0 Å². The van der Waals surface area contributed by atoms with Crippen molar-refractivity contribution in [3.8, 4) is 0 Å². The minimum Gasteiger partial charge on any atom is -0.381 e. The molecule has 0 amide bonds. The Morgan fingerprint density at radius 2 is 2.11 bits per heavy atom. The van der Waals surface area contributed by atoms with E-state index < -0.39 is 9.05 Å². The molecule has 0 N–H and O–H groups in total. The SMILES string of the molecule is O=S(=O)(Cl)CC1COC1. The highest BCUT2D eigenvalue weighted by atomic mass is 35.7. The maximum atomic E-state index is 10.3. The van der Waals surface area contributed by atoms with Crippen molar-refractivity contribution in [2.75, 3.05) is 19.0 Å². The monoisotopic (exact) mass is 170 g/mol. The van der Waals surface area contributed by atoms with E-state index in [1.54, 1.807) is 0 Å². The quantitative estimate of drug-likeness (QED) is 0.557. The fourth-order valence-corrected chi connectivity index (χ4v) is 1.95. The lowest BCUT2D eigenvalue weighted by Gasteiger charge is -2.23. The standard InChI is InChI=1S/C4H7ClO3S/c5-9(6,7)3-4-1-8-2-4/h4H,1-3H2. The molecular formula is C4H7ClO3S. The van der Waals surface area contributed by atoms with E-state index in [4.69, 9.17) is 15.4 Å². The normalized spacial score (nSPS) is 21.4. The molecule has 1 aliphatic heterocycles. The number of rotatable bonds is 2. The van der Waals surface area contributed by atoms with Crippen LogP contribution in [0.3, 0.4) is 0 Å². The van der Waals surface area contributed by atoms with E-state index in [2.05, 4.69) is 0 Å². The lowest BCUT2D eigenvalue weighted by molar-refractivity contribution is -0.0202. The zero-order valence-electron chi connectivity index (χ0n) is 4.71. The van der Waals surface area contributed by atoms with Crippen LogP contribution >= 0.6 is 10.7 Å². The molecule has 0 bridgehead atoms. The van der Waals surface area contributed by atoms with Crippen molar-refractivity contribution in [2.45, 2.75) is 0 Å². The Kier molecular flexibility index (Phi) is 1.98. The van der Waals surface area contributed by atoms with Gasteiger partial charge in [0.1, 0.15) is 0 Å². The lowest BCUT2D eigenvalue weighted by atomic mass is 10.1. The van der Waals surface area contributed by atoms with Crippen molar-refractivity contribution < 1.29 is 13.2 Å². The molecule has 1 fully saturated rings. The van der Waals surface area contributed by atoms with Crippen LogP contribution < -0.4 is 0 Å². The summed E-state index contributed by atoms with van der Waals surface area (Å²) in [5.41, 5.74) is 0. The first-order valence-corrected chi connectivity index (χ1v) is 5.06. The molecule has 0 aromatic carbocycles. The first kappa shape index (κ1) is 7.31. The Balaban J connectivity index is 2.33. The minimum atomic E-state index is -3.29. The number of ether oxygens (including phenoxy) is 1. The van der Waals surface area contributed by atoms with Gasteiger partial charge in [-0.25, -0.2) is 8.42 Å². The Morgan fingerprint density at radius 3 is 2.22 bits per heavy atom. The third kappa shape index (κ3) is 2.51. The van der Waals surface area contributed by atoms with Gasteiger partial charge in [-0.15, -0.1) is 0 Å². The second-order valence-corrected chi connectivity index (χ2v) is 4.93. The van der Waals surface area contributed by atoms with Crippen molar-refractivity contribution in [3.05, 3.63) is 0 Å². The largest absolute Gasteiger partial charge is 0.381 e. The van der Waals surface area contributed by atoms with Crippen LogP contribution in [0.4, 0.5) is 0 Å². The van der Waals surface area contributed by atoms with Gasteiger partial charge in [0.05, 0.1) is 19.0 Å². The summed E-state index contributed by atoms with van der Waals surface area (Å²) in [6.45, 7) is 1.07. The first-order chi connectivity index (χ1) is 4.08. The molecule has 54 valence electrons. The Bertz CT molecular complexity index is 182. The predicted octanol–water partition coefficient (Wildman–Crippen LogP) is 0.201. The Labute approximate surface area is 58.4 Å². The minimum absolute atomic E-state index is 0.0502. The van der Waals surface area contributed by atoms with Crippen LogP contribution in [-0.2, 0) is 13.8 Å². The summed E-state index contributed by atoms with van der Waals surface area (Å²) < 4.78 is 25.4. The second-order valence-electron chi connectivity index (χ2n) is 2.11. The highest BCUT2D eigenvalue weighted by molar-refractivity contribution is 8.13. The van der Waals surface area contributed by atoms with Crippen LogP contribution in [0, 0.1) is 5.92 Å². The van der Waals surface area contributed by atoms with Crippen molar-refractivity contribution in [1.29, 1.82) is 0 Å². The van der Waals surface area contributed by atoms with Gasteiger partial charge in [-0.3, -0.25) is 0 Å². The summed E-state index contributed by atoms with van der Waals surface area (Å²) in [6, 6.07) is 0. The van der Waals surface area contributed by atoms with Gasteiger partial charge >= 0.3 is 0 Å². The molecule has 0 unspecified atom stereocenters. The molecular weight excluding hydrogens is 164 g/mol. The van der Waals surface area contributed by atoms with Gasteiger partial charge in [0.15, 0.2) is 0 Å². The topological polar surface area (TPSA) is 43.4 Å². The molecule has 0 radical (unpaired) electrons. The van der Waals surface area contributed by atoms with Gasteiger partial charge in [0, 0.05) is 16.6 Å². The molecule has 5 heteroatoms. The zero-order valence-corrected chi connectivity index (χ0v) is 6.28. The summed E-state index contributed by atoms with van der Waals surface area (Å²) in [6.07, 6.45) is 0. The van der Waals surface area contributed by atoms with Crippen molar-refractivity contribution in [1.82, 2.24) is 0 Å². The Morgan fingerprint density at radius 1 is 1.56 bits per heavy atom. The number of halogens is 1. The van der Waals surface area contributed by atoms with Crippen LogP contribution in [-0.4, -0.2) is 27.4 Å². The smallest absolute Gasteiger partial charge is 0.233 e. The maximum Gasteiger partial charge on any atom is 0.233 e. The predicted molar refractivity (Wildman–Crippen MR) is 33.9 cm³/mol. The highest BCUT2D eigenvalue weighted by Gasteiger charge is 2.23. The van der Waals surface area contributed by atoms with Gasteiger partial charge in [-0.2, -0.15) is 0 Å². The molecule has 1 rings (SSSR count). The average molecular weight is 171 g/mol. The third-order valence-electron chi connectivity index (χ3n) is 1.14. The van der Waals surface area contributed by atoms with Gasteiger partial charge < -0.3 is 4.74 Å². The third-order valence-corrected chi connectivity index (χ3v) is 2.39. The fraction of sp³-hybridized carbons (Fsp3) is 1.00. The van der Waals surface area contributed by atoms with E-state index in [0.717, 1.165) is 0 Å². The maximum absolute atomic E-state index is 10.3. The van der Waals surface area contributed by atoms with Crippen LogP contribution in [0.5, 0.6) is 0 Å². The van der Waals surface area contributed by atoms with Crippen LogP contribution in [0.15, 0.2) is 0 Å². The summed E-state index contributed by atoms with van der Waals surface area (Å²) in [4.78, 5) is 0. The van der Waals surface area contributed by atoms with Crippen LogP contribution in [0.1, 0.15) is 0 Å². The van der Waals surface area contributed by atoms with Crippen LogP contribution in [0.25, 0.3) is 0 Å². The number of hydrogen-bond acceptors (Lipinski definition) is 3. The van der Waals surface area contributed by atoms with Crippen molar-refractivity contribution in [2.24, 2.45) is 5.92 Å². The molecule has 0 aromatic heterocycles. The van der Waals surface area contributed by atoms with Crippen molar-refractivity contribution in [3.63, 3.8) is 0 Å². The zero-order chi connectivity index (χ0) is 6.91. The average Bonchev–Trinajstić information content (AvgIpc) is 1.53. The molecule has 0 saturated carbocycles. The summed E-state index contributed by atoms with van der Waals surface area (Å²) in [7, 11) is 1.67. The molecule has 1 aliphatic rings. The number of hydrogen-bond donors (Lipinski definition) is 0. The first-order valence-electron chi connectivity index (χ1n) is 2.58. The van der Waals surface area contributed by atoms with E-state index in [9.17, 15) is 8.42 Å². The lowest BCUT2D eigenvalue weighted by Crippen LogP contribution is -2.32. The molecule has 0 spiro atoms. The van der Waals surface area contributed by atoms with Crippen molar-refractivity contribution >= 4 is 19.7 Å². The summed E-state index contributed by atoms with van der Waals surface area (Å²) in [5.74, 6) is 0.182. The van der Waals surface area contributed by atoms with Gasteiger partial charge in [-0.1, -0.05) is 0 Å². The fourth-order valence-electron chi connectivity index (χ4n) is 0.662. The molecule has 0 aromatic rings. The molecule has 0 atom stereocenters. The second kappa shape index (κ2) is 2.44. The molecule has 1 heterocycles. The Hall–Kier alpha value is 0.200. The molecule has 0 aliphatic carbocycles. The summed E-state index contributed by atoms with van der Waals surface area (Å²) >= 11 is 0. The highest BCUT2D eigenvalue weighted by Crippen LogP contribution is 2.14. The summed E-state index contributed by atoms with van der Waals surface area (Å²) in [5, 5.41) is 0. The molecule has 3 nitrogen and oxygen atoms in total. The van der Waals surface area contributed by atoms with E-state index in [-0.39, 0.29) is 11.7 Å². The molecule has 1 saturated heterocycles. The molecule has 9 heavy (non-hydrogen) atoms.